The zero-order chi connectivity index (χ0) is 13.0. The molecule has 18 heavy (non-hydrogen) atoms. The zero-order valence-electron chi connectivity index (χ0n) is 11.5. The molecule has 5 nitrogen and oxygen atoms in total. The van der Waals surface area contributed by atoms with Crippen molar-refractivity contribution in [3.63, 3.8) is 0 Å². The molecule has 0 radical (unpaired) electrons. The average Bonchev–Trinajstić information content (AvgIpc) is 2.41. The predicted molar refractivity (Wildman–Crippen MR) is 73.3 cm³/mol. The van der Waals surface area contributed by atoms with Crippen LogP contribution in [0.4, 0.5) is 11.8 Å². The zero-order valence-corrected chi connectivity index (χ0v) is 11.5. The van der Waals surface area contributed by atoms with E-state index in [2.05, 4.69) is 34.0 Å². The summed E-state index contributed by atoms with van der Waals surface area (Å²) < 4.78 is 5.36. The predicted octanol–water partition coefficient (Wildman–Crippen LogP) is 1.75. The standard InChI is InChI=1S/C13H22N4O/c1-4-5-14-12-10(2)11(3)15-13(16-12)17-6-8-18-9-7-17/h4-9H2,1-3H3,(H,14,15,16). The first-order chi connectivity index (χ1) is 8.72. The van der Waals surface area contributed by atoms with E-state index in [1.54, 1.807) is 0 Å². The summed E-state index contributed by atoms with van der Waals surface area (Å²) in [5.74, 6) is 1.78. The summed E-state index contributed by atoms with van der Waals surface area (Å²) in [6.07, 6.45) is 1.09. The Bertz CT molecular complexity index is 402. The fourth-order valence-corrected chi connectivity index (χ4v) is 1.93. The smallest absolute Gasteiger partial charge is 0.227 e. The molecule has 0 saturated carbocycles. The number of nitrogens with zero attached hydrogens (tertiary/aromatic N) is 3. The highest BCUT2D eigenvalue weighted by Crippen LogP contribution is 2.20. The average molecular weight is 250 g/mol. The van der Waals surface area contributed by atoms with Crippen LogP contribution < -0.4 is 10.2 Å². The third kappa shape index (κ3) is 2.90. The second kappa shape index (κ2) is 6.00. The molecule has 1 fully saturated rings. The molecule has 1 aliphatic rings. The summed E-state index contributed by atoms with van der Waals surface area (Å²) in [6.45, 7) is 10.5. The van der Waals surface area contributed by atoms with Crippen LogP contribution in [0.15, 0.2) is 0 Å². The molecule has 1 aliphatic heterocycles. The lowest BCUT2D eigenvalue weighted by Crippen LogP contribution is -2.37. The van der Waals surface area contributed by atoms with E-state index in [1.807, 2.05) is 6.92 Å². The number of ether oxygens (including phenoxy) is 1. The van der Waals surface area contributed by atoms with Gasteiger partial charge in [0.25, 0.3) is 0 Å². The van der Waals surface area contributed by atoms with Crippen molar-refractivity contribution in [1.82, 2.24) is 9.97 Å². The molecule has 2 heterocycles. The van der Waals surface area contributed by atoms with Gasteiger partial charge in [-0.3, -0.25) is 0 Å². The van der Waals surface area contributed by atoms with Crippen LogP contribution in [-0.4, -0.2) is 42.8 Å². The molecule has 1 N–H and O–H groups in total. The molecule has 2 rings (SSSR count). The van der Waals surface area contributed by atoms with Crippen LogP contribution in [0.25, 0.3) is 0 Å². The summed E-state index contributed by atoms with van der Waals surface area (Å²) in [5.41, 5.74) is 2.19. The Morgan fingerprint density at radius 2 is 1.94 bits per heavy atom. The van der Waals surface area contributed by atoms with Crippen molar-refractivity contribution in [3.8, 4) is 0 Å². The lowest BCUT2D eigenvalue weighted by Gasteiger charge is -2.27. The van der Waals surface area contributed by atoms with Crippen LogP contribution in [0, 0.1) is 13.8 Å². The minimum atomic E-state index is 0.758. The van der Waals surface area contributed by atoms with Gasteiger partial charge in [-0.1, -0.05) is 6.92 Å². The van der Waals surface area contributed by atoms with Gasteiger partial charge in [-0.15, -0.1) is 0 Å². The number of morpholine rings is 1. The van der Waals surface area contributed by atoms with Gasteiger partial charge in [0.15, 0.2) is 0 Å². The molecule has 1 aromatic rings. The number of aryl methyl sites for hydroxylation is 1. The molecular formula is C13H22N4O. The summed E-state index contributed by atoms with van der Waals surface area (Å²) >= 11 is 0. The SMILES string of the molecule is CCCNc1nc(N2CCOCC2)nc(C)c1C. The number of anilines is 2. The second-order valence-electron chi connectivity index (χ2n) is 4.61. The largest absolute Gasteiger partial charge is 0.378 e. The van der Waals surface area contributed by atoms with Gasteiger partial charge in [0.2, 0.25) is 5.95 Å². The molecule has 1 saturated heterocycles. The van der Waals surface area contributed by atoms with Crippen LogP contribution in [0.1, 0.15) is 24.6 Å². The van der Waals surface area contributed by atoms with E-state index in [-0.39, 0.29) is 0 Å². The summed E-state index contributed by atoms with van der Waals surface area (Å²) in [7, 11) is 0. The van der Waals surface area contributed by atoms with Crippen molar-refractivity contribution in [1.29, 1.82) is 0 Å². The van der Waals surface area contributed by atoms with Crippen LogP contribution in [-0.2, 0) is 4.74 Å². The van der Waals surface area contributed by atoms with E-state index < -0.39 is 0 Å². The van der Waals surface area contributed by atoms with E-state index >= 15 is 0 Å². The second-order valence-corrected chi connectivity index (χ2v) is 4.61. The van der Waals surface area contributed by atoms with Crippen molar-refractivity contribution < 1.29 is 4.74 Å². The summed E-state index contributed by atoms with van der Waals surface area (Å²) in [5, 5.41) is 3.37. The number of aromatic nitrogens is 2. The molecule has 100 valence electrons. The molecule has 0 bridgehead atoms. The van der Waals surface area contributed by atoms with Crippen LogP contribution >= 0.6 is 0 Å². The van der Waals surface area contributed by atoms with E-state index in [4.69, 9.17) is 4.74 Å². The third-order valence-electron chi connectivity index (χ3n) is 3.21. The van der Waals surface area contributed by atoms with E-state index in [9.17, 15) is 0 Å². The highest BCUT2D eigenvalue weighted by molar-refractivity contribution is 5.50. The Balaban J connectivity index is 2.22. The van der Waals surface area contributed by atoms with Gasteiger partial charge in [0.1, 0.15) is 5.82 Å². The van der Waals surface area contributed by atoms with Gasteiger partial charge < -0.3 is 15.0 Å². The van der Waals surface area contributed by atoms with Gasteiger partial charge in [-0.25, -0.2) is 4.98 Å². The lowest BCUT2D eigenvalue weighted by molar-refractivity contribution is 0.122. The maximum absolute atomic E-state index is 5.36. The van der Waals surface area contributed by atoms with Crippen molar-refractivity contribution >= 4 is 11.8 Å². The number of nitrogens with one attached hydrogen (secondary N) is 1. The highest BCUT2D eigenvalue weighted by atomic mass is 16.5. The molecule has 1 aromatic heterocycles. The maximum Gasteiger partial charge on any atom is 0.227 e. The number of rotatable bonds is 4. The molecule has 0 atom stereocenters. The van der Waals surface area contributed by atoms with Crippen LogP contribution in [0.3, 0.4) is 0 Å². The topological polar surface area (TPSA) is 50.3 Å². The van der Waals surface area contributed by atoms with Crippen LogP contribution in [0.5, 0.6) is 0 Å². The summed E-state index contributed by atoms with van der Waals surface area (Å²) in [4.78, 5) is 11.4. The molecule has 0 amide bonds. The minimum Gasteiger partial charge on any atom is -0.378 e. The fourth-order valence-electron chi connectivity index (χ4n) is 1.93. The molecule has 5 heteroatoms. The highest BCUT2D eigenvalue weighted by Gasteiger charge is 2.16. The maximum atomic E-state index is 5.36. The van der Waals surface area contributed by atoms with Crippen molar-refractivity contribution in [3.05, 3.63) is 11.3 Å². The van der Waals surface area contributed by atoms with Gasteiger partial charge in [0, 0.05) is 30.9 Å². The lowest BCUT2D eigenvalue weighted by atomic mass is 10.2. The molecular weight excluding hydrogens is 228 g/mol. The molecule has 0 spiro atoms. The molecule has 0 unspecified atom stereocenters. The van der Waals surface area contributed by atoms with Crippen molar-refractivity contribution in [2.24, 2.45) is 0 Å². The monoisotopic (exact) mass is 250 g/mol. The fraction of sp³-hybridized carbons (Fsp3) is 0.692. The summed E-state index contributed by atoms with van der Waals surface area (Å²) in [6, 6.07) is 0. The normalized spacial score (nSPS) is 15.8. The van der Waals surface area contributed by atoms with Crippen molar-refractivity contribution in [2.45, 2.75) is 27.2 Å². The number of hydrogen-bond donors (Lipinski definition) is 1. The first-order valence-corrected chi connectivity index (χ1v) is 6.64. The molecule has 0 aliphatic carbocycles. The van der Waals surface area contributed by atoms with E-state index in [0.29, 0.717) is 0 Å². The molecule has 0 aromatic carbocycles. The van der Waals surface area contributed by atoms with Crippen molar-refractivity contribution in [2.75, 3.05) is 43.1 Å². The Hall–Kier alpha value is -1.36. The Labute approximate surface area is 109 Å². The van der Waals surface area contributed by atoms with E-state index in [0.717, 1.165) is 62.3 Å². The third-order valence-corrected chi connectivity index (χ3v) is 3.21. The Kier molecular flexibility index (Phi) is 4.36. The van der Waals surface area contributed by atoms with Crippen LogP contribution in [0.2, 0.25) is 0 Å². The van der Waals surface area contributed by atoms with Gasteiger partial charge >= 0.3 is 0 Å². The Morgan fingerprint density at radius 3 is 2.61 bits per heavy atom. The van der Waals surface area contributed by atoms with Gasteiger partial charge in [0.05, 0.1) is 13.2 Å². The van der Waals surface area contributed by atoms with Gasteiger partial charge in [-0.05, 0) is 20.3 Å². The van der Waals surface area contributed by atoms with E-state index in [1.165, 1.54) is 0 Å². The first kappa shape index (κ1) is 13.1. The number of hydrogen-bond acceptors (Lipinski definition) is 5. The van der Waals surface area contributed by atoms with Gasteiger partial charge in [-0.2, -0.15) is 4.98 Å². The minimum absolute atomic E-state index is 0.758. The Morgan fingerprint density at radius 1 is 1.22 bits per heavy atom. The first-order valence-electron chi connectivity index (χ1n) is 6.64. The quantitative estimate of drug-likeness (QED) is 0.882.